The van der Waals surface area contributed by atoms with E-state index in [1.165, 1.54) is 0 Å². The van der Waals surface area contributed by atoms with Crippen LogP contribution in [0.15, 0.2) is 43.5 Å². The second-order valence-corrected chi connectivity index (χ2v) is 3.68. The summed E-state index contributed by atoms with van der Waals surface area (Å²) in [5.74, 6) is 0.833. The molecule has 0 amide bonds. The molecule has 0 spiro atoms. The van der Waals surface area contributed by atoms with Crippen LogP contribution in [0.3, 0.4) is 0 Å². The zero-order chi connectivity index (χ0) is 13.4. The molecule has 96 valence electrons. The molecule has 0 saturated carbocycles. The SMILES string of the molecule is C=CCOc1ccc(C(=O)CCl)cc1OCC=C. The van der Waals surface area contributed by atoms with Crippen molar-refractivity contribution in [3.05, 3.63) is 49.1 Å². The van der Waals surface area contributed by atoms with Gasteiger partial charge in [-0.3, -0.25) is 4.79 Å². The second kappa shape index (κ2) is 7.56. The lowest BCUT2D eigenvalue weighted by atomic mass is 10.1. The number of carbonyl (C=O) groups excluding carboxylic acids is 1. The van der Waals surface area contributed by atoms with Gasteiger partial charge in [-0.2, -0.15) is 0 Å². The number of ketones is 1. The average Bonchev–Trinajstić information content (AvgIpc) is 2.42. The number of halogens is 1. The molecule has 0 bridgehead atoms. The first-order valence-electron chi connectivity index (χ1n) is 5.43. The van der Waals surface area contributed by atoms with Crippen LogP contribution in [0.5, 0.6) is 11.5 Å². The predicted octanol–water partition coefficient (Wildman–Crippen LogP) is 3.24. The van der Waals surface area contributed by atoms with Crippen molar-refractivity contribution in [2.75, 3.05) is 19.1 Å². The summed E-state index contributed by atoms with van der Waals surface area (Å²) in [6, 6.07) is 4.96. The Labute approximate surface area is 112 Å². The standard InChI is InChI=1S/C14H15ClO3/c1-3-7-17-13-6-5-11(12(16)10-15)9-14(13)18-8-4-2/h3-6,9H,1-2,7-8,10H2. The van der Waals surface area contributed by atoms with Crippen LogP contribution in [0.4, 0.5) is 0 Å². The first-order valence-corrected chi connectivity index (χ1v) is 5.97. The fourth-order valence-electron chi connectivity index (χ4n) is 1.29. The van der Waals surface area contributed by atoms with Crippen LogP contribution in [0.2, 0.25) is 0 Å². The number of carbonyl (C=O) groups is 1. The third kappa shape index (κ3) is 3.93. The van der Waals surface area contributed by atoms with Crippen molar-refractivity contribution in [1.82, 2.24) is 0 Å². The fourth-order valence-corrected chi connectivity index (χ4v) is 1.44. The minimum absolute atomic E-state index is 0.0617. The zero-order valence-electron chi connectivity index (χ0n) is 10.0. The van der Waals surface area contributed by atoms with Crippen molar-refractivity contribution in [3.8, 4) is 11.5 Å². The van der Waals surface area contributed by atoms with Crippen LogP contribution >= 0.6 is 11.6 Å². The summed E-state index contributed by atoms with van der Waals surface area (Å²) in [6.07, 6.45) is 3.25. The monoisotopic (exact) mass is 266 g/mol. The van der Waals surface area contributed by atoms with Crippen molar-refractivity contribution in [3.63, 3.8) is 0 Å². The average molecular weight is 267 g/mol. The molecule has 0 fully saturated rings. The smallest absolute Gasteiger partial charge is 0.177 e. The van der Waals surface area contributed by atoms with E-state index in [9.17, 15) is 4.79 Å². The molecule has 0 aliphatic carbocycles. The van der Waals surface area contributed by atoms with Crippen molar-refractivity contribution in [2.45, 2.75) is 0 Å². The maximum atomic E-state index is 11.5. The van der Waals surface area contributed by atoms with Crippen LogP contribution in [-0.2, 0) is 0 Å². The van der Waals surface area contributed by atoms with E-state index < -0.39 is 0 Å². The topological polar surface area (TPSA) is 35.5 Å². The highest BCUT2D eigenvalue weighted by atomic mass is 35.5. The molecular formula is C14H15ClO3. The molecule has 0 aliphatic heterocycles. The quantitative estimate of drug-likeness (QED) is 0.412. The molecule has 0 N–H and O–H groups in total. The Morgan fingerprint density at radius 3 is 2.33 bits per heavy atom. The van der Waals surface area contributed by atoms with Crippen molar-refractivity contribution < 1.29 is 14.3 Å². The summed E-state index contributed by atoms with van der Waals surface area (Å²) in [4.78, 5) is 11.5. The summed E-state index contributed by atoms with van der Waals surface area (Å²) in [6.45, 7) is 7.85. The van der Waals surface area contributed by atoms with E-state index >= 15 is 0 Å². The number of benzene rings is 1. The van der Waals surface area contributed by atoms with Gasteiger partial charge >= 0.3 is 0 Å². The fraction of sp³-hybridized carbons (Fsp3) is 0.214. The lowest BCUT2D eigenvalue weighted by Gasteiger charge is -2.11. The minimum atomic E-state index is -0.157. The first-order chi connectivity index (χ1) is 8.72. The second-order valence-electron chi connectivity index (χ2n) is 3.42. The number of alkyl halides is 1. The Hall–Kier alpha value is -1.74. The van der Waals surface area contributed by atoms with Gasteiger partial charge in [-0.1, -0.05) is 25.3 Å². The molecule has 0 radical (unpaired) electrons. The Kier molecular flexibility index (Phi) is 6.01. The van der Waals surface area contributed by atoms with Gasteiger partial charge in [0.25, 0.3) is 0 Å². The summed E-state index contributed by atoms with van der Waals surface area (Å²) in [5, 5.41) is 0. The molecule has 0 unspecified atom stereocenters. The van der Waals surface area contributed by atoms with Crippen LogP contribution in [-0.4, -0.2) is 24.9 Å². The normalized spacial score (nSPS) is 9.61. The molecular weight excluding hydrogens is 252 g/mol. The van der Waals surface area contributed by atoms with E-state index in [2.05, 4.69) is 13.2 Å². The number of hydrogen-bond acceptors (Lipinski definition) is 3. The molecule has 1 rings (SSSR count). The van der Waals surface area contributed by atoms with Crippen LogP contribution in [0.25, 0.3) is 0 Å². The molecule has 0 saturated heterocycles. The molecule has 0 aromatic heterocycles. The van der Waals surface area contributed by atoms with Gasteiger partial charge in [-0.15, -0.1) is 11.6 Å². The van der Waals surface area contributed by atoms with Gasteiger partial charge in [0.1, 0.15) is 13.2 Å². The molecule has 1 aromatic rings. The summed E-state index contributed by atoms with van der Waals surface area (Å²) >= 11 is 5.52. The van der Waals surface area contributed by atoms with Crippen LogP contribution in [0.1, 0.15) is 10.4 Å². The Morgan fingerprint density at radius 1 is 1.17 bits per heavy atom. The molecule has 0 atom stereocenters. The lowest BCUT2D eigenvalue weighted by molar-refractivity contribution is 0.102. The maximum Gasteiger partial charge on any atom is 0.177 e. The number of rotatable bonds is 8. The Morgan fingerprint density at radius 2 is 1.78 bits per heavy atom. The third-order valence-corrected chi connectivity index (χ3v) is 2.34. The van der Waals surface area contributed by atoms with Gasteiger partial charge < -0.3 is 9.47 Å². The highest BCUT2D eigenvalue weighted by molar-refractivity contribution is 6.30. The van der Waals surface area contributed by atoms with Gasteiger partial charge in [-0.25, -0.2) is 0 Å². The molecule has 4 heteroatoms. The molecule has 0 aliphatic rings. The van der Waals surface area contributed by atoms with Gasteiger partial charge in [0.15, 0.2) is 17.3 Å². The summed E-state index contributed by atoms with van der Waals surface area (Å²) in [7, 11) is 0. The summed E-state index contributed by atoms with van der Waals surface area (Å²) in [5.41, 5.74) is 0.495. The van der Waals surface area contributed by atoms with Gasteiger partial charge in [0, 0.05) is 5.56 Å². The number of Topliss-reactive ketones (excluding diaryl/α,β-unsaturated/α-hetero) is 1. The van der Waals surface area contributed by atoms with Gasteiger partial charge in [-0.05, 0) is 18.2 Å². The van der Waals surface area contributed by atoms with E-state index in [0.717, 1.165) is 0 Å². The highest BCUT2D eigenvalue weighted by Gasteiger charge is 2.10. The zero-order valence-corrected chi connectivity index (χ0v) is 10.8. The molecule has 0 heterocycles. The lowest BCUT2D eigenvalue weighted by Crippen LogP contribution is -2.04. The minimum Gasteiger partial charge on any atom is -0.486 e. The predicted molar refractivity (Wildman–Crippen MR) is 72.9 cm³/mol. The molecule has 3 nitrogen and oxygen atoms in total. The van der Waals surface area contributed by atoms with Crippen LogP contribution in [0, 0.1) is 0 Å². The highest BCUT2D eigenvalue weighted by Crippen LogP contribution is 2.28. The van der Waals surface area contributed by atoms with E-state index in [1.54, 1.807) is 30.4 Å². The van der Waals surface area contributed by atoms with E-state index in [1.807, 2.05) is 0 Å². The van der Waals surface area contributed by atoms with Crippen molar-refractivity contribution in [1.29, 1.82) is 0 Å². The van der Waals surface area contributed by atoms with Crippen molar-refractivity contribution >= 4 is 17.4 Å². The maximum absolute atomic E-state index is 11.5. The largest absolute Gasteiger partial charge is 0.486 e. The van der Waals surface area contributed by atoms with E-state index in [0.29, 0.717) is 30.3 Å². The van der Waals surface area contributed by atoms with Gasteiger partial charge in [0.05, 0.1) is 5.88 Å². The number of ether oxygens (including phenoxy) is 2. The first kappa shape index (κ1) is 14.3. The Bertz CT molecular complexity index is 441. The van der Waals surface area contributed by atoms with Gasteiger partial charge in [0.2, 0.25) is 0 Å². The Balaban J connectivity index is 2.98. The van der Waals surface area contributed by atoms with E-state index in [4.69, 9.17) is 21.1 Å². The number of hydrogen-bond donors (Lipinski definition) is 0. The van der Waals surface area contributed by atoms with Crippen molar-refractivity contribution in [2.24, 2.45) is 0 Å². The van der Waals surface area contributed by atoms with Crippen LogP contribution < -0.4 is 9.47 Å². The van der Waals surface area contributed by atoms with E-state index in [-0.39, 0.29) is 11.7 Å². The summed E-state index contributed by atoms with van der Waals surface area (Å²) < 4.78 is 10.9. The third-order valence-electron chi connectivity index (χ3n) is 2.10. The molecule has 18 heavy (non-hydrogen) atoms. The molecule has 1 aromatic carbocycles.